The zero-order valence-electron chi connectivity index (χ0n) is 15.9. The molecule has 8 heteroatoms. The highest BCUT2D eigenvalue weighted by Gasteiger charge is 2.52. The summed E-state index contributed by atoms with van der Waals surface area (Å²) in [7, 11) is 0. The zero-order valence-corrected chi connectivity index (χ0v) is 15.9. The Morgan fingerprint density at radius 1 is 1.29 bits per heavy atom. The number of carbonyl (C=O) groups is 1. The second-order valence-corrected chi connectivity index (χ2v) is 8.09. The fraction of sp³-hybridized carbons (Fsp3) is 0.600. The van der Waals surface area contributed by atoms with Crippen LogP contribution in [0.1, 0.15) is 19.2 Å². The minimum atomic E-state index is -0.882. The maximum atomic E-state index is 13.3. The standard InChI is InChI=1S/C20H27FN4O3/c1-10-17(12-8-22-9-13(12)19(27)18(10)26)20(28)23-6-2-3-16-24-14-5-4-11(21)7-15(14)25-16/h4-5,7,10,12-13,17-19,22,26-27H,2-3,6,8-9H2,1H3,(H,23,28)(H,24,25)/t10-,12+,13+,17+,18+,19+/m1/s1. The van der Waals surface area contributed by atoms with Crippen LogP contribution in [0.25, 0.3) is 11.0 Å². The van der Waals surface area contributed by atoms with Crippen LogP contribution in [0, 0.1) is 29.5 Å². The number of carbonyl (C=O) groups excluding carboxylic acids is 1. The molecule has 2 heterocycles. The van der Waals surface area contributed by atoms with Crippen LogP contribution in [0.5, 0.6) is 0 Å². The maximum absolute atomic E-state index is 13.3. The second-order valence-electron chi connectivity index (χ2n) is 8.09. The van der Waals surface area contributed by atoms with E-state index < -0.39 is 12.2 Å². The molecule has 1 aromatic heterocycles. The molecule has 2 fully saturated rings. The number of aliphatic hydroxyl groups is 2. The predicted molar refractivity (Wildman–Crippen MR) is 102 cm³/mol. The number of rotatable bonds is 5. The smallest absolute Gasteiger partial charge is 0.223 e. The number of benzene rings is 1. The average Bonchev–Trinajstić information content (AvgIpc) is 3.30. The molecule has 5 N–H and O–H groups in total. The van der Waals surface area contributed by atoms with Gasteiger partial charge in [-0.05, 0) is 43.0 Å². The van der Waals surface area contributed by atoms with Crippen LogP contribution in [0.15, 0.2) is 18.2 Å². The van der Waals surface area contributed by atoms with E-state index >= 15 is 0 Å². The van der Waals surface area contributed by atoms with Gasteiger partial charge in [-0.2, -0.15) is 0 Å². The summed E-state index contributed by atoms with van der Waals surface area (Å²) in [5, 5.41) is 26.8. The fourth-order valence-corrected chi connectivity index (χ4v) is 4.82. The number of nitrogens with one attached hydrogen (secondary N) is 3. The van der Waals surface area contributed by atoms with E-state index in [-0.39, 0.29) is 35.4 Å². The van der Waals surface area contributed by atoms with Crippen molar-refractivity contribution < 1.29 is 19.4 Å². The Labute approximate surface area is 162 Å². The van der Waals surface area contributed by atoms with Crippen LogP contribution in [0.4, 0.5) is 4.39 Å². The molecule has 1 aliphatic carbocycles. The number of hydrogen-bond donors (Lipinski definition) is 5. The van der Waals surface area contributed by atoms with E-state index in [1.165, 1.54) is 12.1 Å². The van der Waals surface area contributed by atoms with Gasteiger partial charge in [-0.3, -0.25) is 4.79 Å². The molecule has 1 saturated carbocycles. The molecule has 7 nitrogen and oxygen atoms in total. The van der Waals surface area contributed by atoms with Crippen LogP contribution < -0.4 is 10.6 Å². The van der Waals surface area contributed by atoms with Gasteiger partial charge in [-0.25, -0.2) is 9.37 Å². The number of aryl methyl sites for hydroxylation is 1. The Morgan fingerprint density at radius 2 is 2.07 bits per heavy atom. The zero-order chi connectivity index (χ0) is 19.8. The van der Waals surface area contributed by atoms with Crippen molar-refractivity contribution in [2.75, 3.05) is 19.6 Å². The van der Waals surface area contributed by atoms with E-state index in [0.29, 0.717) is 38.0 Å². The van der Waals surface area contributed by atoms with Crippen LogP contribution in [-0.4, -0.2) is 57.9 Å². The first-order valence-electron chi connectivity index (χ1n) is 9.94. The number of fused-ring (bicyclic) bond motifs is 2. The summed E-state index contributed by atoms with van der Waals surface area (Å²) >= 11 is 0. The van der Waals surface area contributed by atoms with Crippen molar-refractivity contribution in [3.05, 3.63) is 29.8 Å². The Balaban J connectivity index is 1.32. The van der Waals surface area contributed by atoms with Gasteiger partial charge >= 0.3 is 0 Å². The number of imidazole rings is 1. The Hall–Kier alpha value is -2.03. The number of nitrogens with zero attached hydrogens (tertiary/aromatic N) is 1. The van der Waals surface area contributed by atoms with Crippen molar-refractivity contribution in [1.82, 2.24) is 20.6 Å². The van der Waals surface area contributed by atoms with Crippen molar-refractivity contribution in [2.24, 2.45) is 23.7 Å². The molecule has 1 amide bonds. The average molecular weight is 390 g/mol. The Bertz CT molecular complexity index is 857. The van der Waals surface area contributed by atoms with Crippen LogP contribution >= 0.6 is 0 Å². The largest absolute Gasteiger partial charge is 0.390 e. The van der Waals surface area contributed by atoms with Crippen LogP contribution in [0.3, 0.4) is 0 Å². The molecule has 152 valence electrons. The highest BCUT2D eigenvalue weighted by molar-refractivity contribution is 5.79. The van der Waals surface area contributed by atoms with Crippen molar-refractivity contribution in [1.29, 1.82) is 0 Å². The summed E-state index contributed by atoms with van der Waals surface area (Å²) in [6, 6.07) is 4.45. The second kappa shape index (κ2) is 7.77. The van der Waals surface area contributed by atoms with Gasteiger partial charge in [-0.1, -0.05) is 6.92 Å². The molecule has 0 unspecified atom stereocenters. The van der Waals surface area contributed by atoms with Crippen LogP contribution in [-0.2, 0) is 11.2 Å². The fourth-order valence-electron chi connectivity index (χ4n) is 4.82. The van der Waals surface area contributed by atoms with Gasteiger partial charge in [0, 0.05) is 31.3 Å². The highest BCUT2D eigenvalue weighted by atomic mass is 19.1. The van der Waals surface area contributed by atoms with E-state index in [9.17, 15) is 19.4 Å². The SMILES string of the molecule is C[C@H]1[C@H](O)[C@@H](O)[C@H]2CNC[C@@H]2[C@H]1C(=O)NCCCc1nc2ccc(F)cc2[nH]1. The predicted octanol–water partition coefficient (Wildman–Crippen LogP) is 0.574. The minimum absolute atomic E-state index is 0.0404. The van der Waals surface area contributed by atoms with Gasteiger partial charge < -0.3 is 25.8 Å². The molecule has 1 saturated heterocycles. The first-order chi connectivity index (χ1) is 13.5. The summed E-state index contributed by atoms with van der Waals surface area (Å²) in [6.07, 6.45) is -0.317. The Morgan fingerprint density at radius 3 is 2.89 bits per heavy atom. The summed E-state index contributed by atoms with van der Waals surface area (Å²) < 4.78 is 13.3. The van der Waals surface area contributed by atoms with E-state index in [1.54, 1.807) is 6.07 Å². The summed E-state index contributed by atoms with van der Waals surface area (Å²) in [4.78, 5) is 20.3. The van der Waals surface area contributed by atoms with Crippen molar-refractivity contribution >= 4 is 16.9 Å². The van der Waals surface area contributed by atoms with Crippen molar-refractivity contribution in [3.63, 3.8) is 0 Å². The number of aromatic amines is 1. The summed E-state index contributed by atoms with van der Waals surface area (Å²) in [5.74, 6) is -0.252. The number of aromatic nitrogens is 2. The van der Waals surface area contributed by atoms with Gasteiger partial charge in [0.05, 0.1) is 23.2 Å². The first-order valence-corrected chi connectivity index (χ1v) is 9.94. The van der Waals surface area contributed by atoms with E-state index in [1.807, 2.05) is 6.92 Å². The summed E-state index contributed by atoms with van der Waals surface area (Å²) in [5.41, 5.74) is 1.39. The van der Waals surface area contributed by atoms with Gasteiger partial charge in [0.15, 0.2) is 0 Å². The normalized spacial score (nSPS) is 32.4. The Kier molecular flexibility index (Phi) is 5.35. The molecule has 0 bridgehead atoms. The molecule has 0 spiro atoms. The molecule has 1 aromatic carbocycles. The van der Waals surface area contributed by atoms with Gasteiger partial charge in [0.25, 0.3) is 0 Å². The molecule has 1 aliphatic heterocycles. The van der Waals surface area contributed by atoms with Gasteiger partial charge in [0.1, 0.15) is 11.6 Å². The third-order valence-corrected chi connectivity index (χ3v) is 6.35. The third kappa shape index (κ3) is 3.52. The lowest BCUT2D eigenvalue weighted by molar-refractivity contribution is -0.145. The van der Waals surface area contributed by atoms with E-state index in [4.69, 9.17) is 0 Å². The maximum Gasteiger partial charge on any atom is 0.223 e. The number of H-pyrrole nitrogens is 1. The lowest BCUT2D eigenvalue weighted by Crippen LogP contribution is -2.55. The first kappa shape index (κ1) is 19.3. The number of hydrogen-bond acceptors (Lipinski definition) is 5. The topological polar surface area (TPSA) is 110 Å². The lowest BCUT2D eigenvalue weighted by Gasteiger charge is -2.43. The molecule has 0 radical (unpaired) electrons. The molecular weight excluding hydrogens is 363 g/mol. The monoisotopic (exact) mass is 390 g/mol. The van der Waals surface area contributed by atoms with E-state index in [2.05, 4.69) is 20.6 Å². The minimum Gasteiger partial charge on any atom is -0.390 e. The number of aliphatic hydroxyl groups excluding tert-OH is 2. The van der Waals surface area contributed by atoms with Gasteiger partial charge in [-0.15, -0.1) is 0 Å². The molecule has 2 aromatic rings. The molecule has 2 aliphatic rings. The number of halogens is 1. The summed E-state index contributed by atoms with van der Waals surface area (Å²) in [6.45, 7) is 3.65. The molecule has 4 rings (SSSR count). The molecule has 28 heavy (non-hydrogen) atoms. The lowest BCUT2D eigenvalue weighted by atomic mass is 9.65. The van der Waals surface area contributed by atoms with Crippen LogP contribution in [0.2, 0.25) is 0 Å². The molecular formula is C20H27FN4O3. The highest BCUT2D eigenvalue weighted by Crippen LogP contribution is 2.41. The molecule has 6 atom stereocenters. The van der Waals surface area contributed by atoms with Crippen molar-refractivity contribution in [2.45, 2.75) is 32.0 Å². The van der Waals surface area contributed by atoms with E-state index in [0.717, 1.165) is 11.3 Å². The third-order valence-electron chi connectivity index (χ3n) is 6.35. The van der Waals surface area contributed by atoms with Crippen molar-refractivity contribution in [3.8, 4) is 0 Å². The van der Waals surface area contributed by atoms with Gasteiger partial charge in [0.2, 0.25) is 5.91 Å². The number of amides is 1. The quantitative estimate of drug-likeness (QED) is 0.480.